The number of carboxylic acids is 1. The van der Waals surface area contributed by atoms with Crippen LogP contribution in [0.15, 0.2) is 12.3 Å². The first-order valence-electron chi connectivity index (χ1n) is 7.21. The van der Waals surface area contributed by atoms with E-state index in [1.165, 1.54) is 25.7 Å². The lowest BCUT2D eigenvalue weighted by atomic mass is 9.75. The third-order valence-electron chi connectivity index (χ3n) is 4.67. The van der Waals surface area contributed by atoms with Gasteiger partial charge in [-0.25, -0.2) is 0 Å². The number of aliphatic carboxylic acids is 1. The van der Waals surface area contributed by atoms with E-state index in [4.69, 9.17) is 0 Å². The van der Waals surface area contributed by atoms with Gasteiger partial charge in [0, 0.05) is 12.6 Å². The summed E-state index contributed by atoms with van der Waals surface area (Å²) >= 11 is 0. The van der Waals surface area contributed by atoms with Crippen molar-refractivity contribution in [2.24, 2.45) is 11.3 Å². The van der Waals surface area contributed by atoms with Crippen molar-refractivity contribution in [1.82, 2.24) is 9.78 Å². The summed E-state index contributed by atoms with van der Waals surface area (Å²) in [6.07, 6.45) is 7.45. The molecule has 1 aliphatic carbocycles. The number of hydrogen-bond donors (Lipinski definition) is 1. The predicted molar refractivity (Wildman–Crippen MR) is 74.0 cm³/mol. The molecule has 106 valence electrons. The monoisotopic (exact) mass is 264 g/mol. The van der Waals surface area contributed by atoms with E-state index >= 15 is 0 Å². The summed E-state index contributed by atoms with van der Waals surface area (Å²) in [6, 6.07) is 2.49. The van der Waals surface area contributed by atoms with E-state index in [1.54, 1.807) is 0 Å². The lowest BCUT2D eigenvalue weighted by molar-refractivity contribution is -0.150. The van der Waals surface area contributed by atoms with Crippen LogP contribution in [0.2, 0.25) is 0 Å². The molecule has 19 heavy (non-hydrogen) atoms. The number of hydrogen-bond acceptors (Lipinski definition) is 2. The van der Waals surface area contributed by atoms with Crippen molar-refractivity contribution < 1.29 is 9.90 Å². The molecule has 0 bridgehead atoms. The fraction of sp³-hybridized carbons (Fsp3) is 0.733. The maximum atomic E-state index is 11.5. The third-order valence-corrected chi connectivity index (χ3v) is 4.67. The van der Waals surface area contributed by atoms with Gasteiger partial charge in [-0.2, -0.15) is 5.10 Å². The molecule has 0 amide bonds. The number of nitrogens with zero attached hydrogens (tertiary/aromatic N) is 2. The smallest absolute Gasteiger partial charge is 0.310 e. The fourth-order valence-corrected chi connectivity index (χ4v) is 2.75. The molecular formula is C15H24N2O2. The molecule has 0 aromatic carbocycles. The average Bonchev–Trinajstić information content (AvgIpc) is 2.97. The average molecular weight is 264 g/mol. The maximum absolute atomic E-state index is 11.5. The summed E-state index contributed by atoms with van der Waals surface area (Å²) in [5.74, 6) is -0.653. The summed E-state index contributed by atoms with van der Waals surface area (Å²) in [7, 11) is 0. The minimum absolute atomic E-state index is 0.0848. The van der Waals surface area contributed by atoms with E-state index in [-0.39, 0.29) is 5.92 Å². The second kappa shape index (κ2) is 5.35. The van der Waals surface area contributed by atoms with Crippen molar-refractivity contribution >= 4 is 5.97 Å². The highest BCUT2D eigenvalue weighted by Gasteiger charge is 2.37. The Morgan fingerprint density at radius 1 is 1.53 bits per heavy atom. The first kappa shape index (κ1) is 14.1. The Morgan fingerprint density at radius 2 is 2.16 bits per heavy atom. The minimum atomic E-state index is -0.741. The Labute approximate surface area is 114 Å². The second-order valence-corrected chi connectivity index (χ2v) is 6.28. The van der Waals surface area contributed by atoms with Crippen LogP contribution >= 0.6 is 0 Å². The van der Waals surface area contributed by atoms with Gasteiger partial charge in [0.1, 0.15) is 0 Å². The zero-order valence-electron chi connectivity index (χ0n) is 12.1. The molecule has 1 saturated carbocycles. The molecule has 1 N–H and O–H groups in total. The van der Waals surface area contributed by atoms with Gasteiger partial charge in [-0.15, -0.1) is 0 Å². The van der Waals surface area contributed by atoms with Crippen LogP contribution in [-0.2, 0) is 11.2 Å². The Morgan fingerprint density at radius 3 is 2.68 bits per heavy atom. The van der Waals surface area contributed by atoms with Crippen LogP contribution in [0.25, 0.3) is 0 Å². The van der Waals surface area contributed by atoms with Gasteiger partial charge in [0.25, 0.3) is 0 Å². The van der Waals surface area contributed by atoms with Crippen molar-refractivity contribution in [2.45, 2.75) is 58.9 Å². The van der Waals surface area contributed by atoms with Crippen LogP contribution in [0.3, 0.4) is 0 Å². The molecule has 1 unspecified atom stereocenters. The quantitative estimate of drug-likeness (QED) is 0.887. The molecule has 1 aliphatic rings. The Hall–Kier alpha value is -1.32. The molecule has 1 heterocycles. The van der Waals surface area contributed by atoms with Crippen LogP contribution < -0.4 is 0 Å². The van der Waals surface area contributed by atoms with Crippen LogP contribution in [0, 0.1) is 11.3 Å². The maximum Gasteiger partial charge on any atom is 0.310 e. The third kappa shape index (κ3) is 2.82. The van der Waals surface area contributed by atoms with Crippen molar-refractivity contribution in [1.29, 1.82) is 0 Å². The van der Waals surface area contributed by atoms with E-state index in [9.17, 15) is 9.90 Å². The van der Waals surface area contributed by atoms with E-state index in [2.05, 4.69) is 5.10 Å². The minimum Gasteiger partial charge on any atom is -0.481 e. The molecule has 4 heteroatoms. The summed E-state index contributed by atoms with van der Waals surface area (Å²) in [6.45, 7) is 5.73. The largest absolute Gasteiger partial charge is 0.481 e. The van der Waals surface area contributed by atoms with Crippen molar-refractivity contribution in [3.63, 3.8) is 0 Å². The number of carboxylic acid groups (broad SMARTS) is 1. The van der Waals surface area contributed by atoms with Gasteiger partial charge in [-0.1, -0.05) is 26.7 Å². The summed E-state index contributed by atoms with van der Waals surface area (Å²) in [5.41, 5.74) is 0.153. The van der Waals surface area contributed by atoms with Crippen molar-refractivity contribution in [3.05, 3.63) is 18.0 Å². The molecule has 1 aromatic rings. The first-order chi connectivity index (χ1) is 8.93. The van der Waals surface area contributed by atoms with Crippen LogP contribution in [0.4, 0.5) is 0 Å². The Kier molecular flexibility index (Phi) is 3.97. The molecule has 0 saturated heterocycles. The standard InChI is InChI=1S/C15H24N2O2/c1-11(2)15(3,14(18)19)10-12-8-9-17(16-12)13-6-4-5-7-13/h8-9,11,13H,4-7,10H2,1-3H3,(H,18,19). The molecule has 0 spiro atoms. The highest BCUT2D eigenvalue weighted by atomic mass is 16.4. The molecule has 1 aromatic heterocycles. The van der Waals surface area contributed by atoms with Crippen LogP contribution in [-0.4, -0.2) is 20.9 Å². The van der Waals surface area contributed by atoms with E-state index in [0.29, 0.717) is 12.5 Å². The summed E-state index contributed by atoms with van der Waals surface area (Å²) in [5, 5.41) is 14.0. The topological polar surface area (TPSA) is 55.1 Å². The van der Waals surface area contributed by atoms with Gasteiger partial charge in [0.15, 0.2) is 0 Å². The first-order valence-corrected chi connectivity index (χ1v) is 7.21. The van der Waals surface area contributed by atoms with Gasteiger partial charge in [0.05, 0.1) is 17.2 Å². The number of aromatic nitrogens is 2. The van der Waals surface area contributed by atoms with Gasteiger partial charge in [-0.05, 0) is 31.7 Å². The molecule has 1 fully saturated rings. The molecule has 4 nitrogen and oxygen atoms in total. The van der Waals surface area contributed by atoms with Crippen LogP contribution in [0.5, 0.6) is 0 Å². The molecule has 0 aliphatic heterocycles. The summed E-state index contributed by atoms with van der Waals surface area (Å²) in [4.78, 5) is 11.5. The van der Waals surface area contributed by atoms with Gasteiger partial charge in [0.2, 0.25) is 0 Å². The zero-order valence-corrected chi connectivity index (χ0v) is 12.1. The Balaban J connectivity index is 2.12. The van der Waals surface area contributed by atoms with E-state index < -0.39 is 11.4 Å². The zero-order chi connectivity index (χ0) is 14.0. The molecular weight excluding hydrogens is 240 g/mol. The van der Waals surface area contributed by atoms with Gasteiger partial charge < -0.3 is 5.11 Å². The van der Waals surface area contributed by atoms with Gasteiger partial charge in [-0.3, -0.25) is 9.48 Å². The highest BCUT2D eigenvalue weighted by molar-refractivity contribution is 5.74. The fourth-order valence-electron chi connectivity index (χ4n) is 2.75. The van der Waals surface area contributed by atoms with Crippen molar-refractivity contribution in [3.8, 4) is 0 Å². The second-order valence-electron chi connectivity index (χ2n) is 6.28. The normalized spacial score (nSPS) is 19.8. The van der Waals surface area contributed by atoms with E-state index in [0.717, 1.165) is 5.69 Å². The van der Waals surface area contributed by atoms with E-state index in [1.807, 2.05) is 37.7 Å². The number of carbonyl (C=O) groups is 1. The van der Waals surface area contributed by atoms with Crippen molar-refractivity contribution in [2.75, 3.05) is 0 Å². The lowest BCUT2D eigenvalue weighted by Gasteiger charge is -2.28. The molecule has 1 atom stereocenters. The summed E-state index contributed by atoms with van der Waals surface area (Å²) < 4.78 is 2.03. The SMILES string of the molecule is CC(C)C(C)(Cc1ccn(C2CCCC2)n1)C(=O)O. The van der Waals surface area contributed by atoms with Gasteiger partial charge >= 0.3 is 5.97 Å². The number of rotatable bonds is 5. The predicted octanol–water partition coefficient (Wildman–Crippen LogP) is 3.29. The highest BCUT2D eigenvalue weighted by Crippen LogP contribution is 2.32. The Bertz CT molecular complexity index is 447. The van der Waals surface area contributed by atoms with Crippen LogP contribution in [0.1, 0.15) is 58.2 Å². The molecule has 2 rings (SSSR count). The molecule has 0 radical (unpaired) electrons. The lowest BCUT2D eigenvalue weighted by Crippen LogP contribution is -2.35.